The molecule has 0 radical (unpaired) electrons. The van der Waals surface area contributed by atoms with Crippen LogP contribution in [-0.2, 0) is 0 Å². The fourth-order valence-electron chi connectivity index (χ4n) is 2.98. The van der Waals surface area contributed by atoms with Gasteiger partial charge in [-0.1, -0.05) is 13.8 Å². The highest BCUT2D eigenvalue weighted by Gasteiger charge is 2.39. The fourth-order valence-corrected chi connectivity index (χ4v) is 2.98. The third-order valence-electron chi connectivity index (χ3n) is 4.75. The van der Waals surface area contributed by atoms with E-state index in [0.29, 0.717) is 5.75 Å². The molecule has 7 heteroatoms. The number of carbonyl (C=O) groups excluding carboxylic acids is 1. The maximum atomic E-state index is 13.3. The Morgan fingerprint density at radius 1 is 1.23 bits per heavy atom. The molecular weight excluding hydrogens is 340 g/mol. The van der Waals surface area contributed by atoms with Crippen molar-refractivity contribution < 1.29 is 18.3 Å². The van der Waals surface area contributed by atoms with Gasteiger partial charge in [0, 0.05) is 17.8 Å². The summed E-state index contributed by atoms with van der Waals surface area (Å²) in [5.74, 6) is -1.13. The van der Waals surface area contributed by atoms with Crippen molar-refractivity contribution in [2.45, 2.75) is 32.7 Å². The van der Waals surface area contributed by atoms with E-state index in [2.05, 4.69) is 29.5 Å². The molecule has 2 N–H and O–H groups in total. The van der Waals surface area contributed by atoms with Crippen LogP contribution in [0.25, 0.3) is 0 Å². The monoisotopic (exact) mass is 361 g/mol. The van der Waals surface area contributed by atoms with Gasteiger partial charge in [0.1, 0.15) is 23.2 Å². The number of anilines is 2. The Morgan fingerprint density at radius 3 is 2.46 bits per heavy atom. The van der Waals surface area contributed by atoms with Crippen LogP contribution in [0.2, 0.25) is 0 Å². The predicted octanol–water partition coefficient (Wildman–Crippen LogP) is 4.03. The lowest BCUT2D eigenvalue weighted by Crippen LogP contribution is -2.52. The van der Waals surface area contributed by atoms with E-state index in [0.717, 1.165) is 31.0 Å². The minimum atomic E-state index is -0.703. The molecule has 5 nitrogen and oxygen atoms in total. The molecule has 1 unspecified atom stereocenters. The highest BCUT2D eigenvalue weighted by molar-refractivity contribution is 5.95. The van der Waals surface area contributed by atoms with Crippen LogP contribution in [0.5, 0.6) is 5.75 Å². The number of aromatic nitrogens is 1. The smallest absolute Gasteiger partial charge is 0.274 e. The number of halogens is 2. The first-order valence-electron chi connectivity index (χ1n) is 8.37. The third-order valence-corrected chi connectivity index (χ3v) is 4.75. The standard InChI is InChI=1S/C19H21F2N3O2/c1-19(2)7-6-15(19)23-18(25)17-14(26-3)4-5-16(24-17)22-13-9-11(20)8-12(21)10-13/h4-5,8-10,15H,6-7H2,1-3H3,(H,22,24)(H,23,25). The highest BCUT2D eigenvalue weighted by Crippen LogP contribution is 2.40. The van der Waals surface area contributed by atoms with Crippen molar-refractivity contribution in [1.82, 2.24) is 10.3 Å². The number of benzene rings is 1. The van der Waals surface area contributed by atoms with Crippen LogP contribution in [0, 0.1) is 17.0 Å². The number of amides is 1. The Labute approximate surface area is 150 Å². The van der Waals surface area contributed by atoms with Crippen LogP contribution in [0.4, 0.5) is 20.3 Å². The molecule has 0 saturated heterocycles. The van der Waals surface area contributed by atoms with Crippen LogP contribution in [0.1, 0.15) is 37.2 Å². The first-order chi connectivity index (χ1) is 12.3. The lowest BCUT2D eigenvalue weighted by Gasteiger charge is -2.44. The van der Waals surface area contributed by atoms with Gasteiger partial charge < -0.3 is 15.4 Å². The molecule has 1 fully saturated rings. The van der Waals surface area contributed by atoms with Crippen molar-refractivity contribution in [2.75, 3.05) is 12.4 Å². The lowest BCUT2D eigenvalue weighted by atomic mass is 9.67. The van der Waals surface area contributed by atoms with Gasteiger partial charge in [-0.2, -0.15) is 0 Å². The van der Waals surface area contributed by atoms with E-state index in [-0.39, 0.29) is 34.6 Å². The van der Waals surface area contributed by atoms with Gasteiger partial charge in [0.2, 0.25) is 0 Å². The maximum Gasteiger partial charge on any atom is 0.274 e. The quantitative estimate of drug-likeness (QED) is 0.844. The van der Waals surface area contributed by atoms with Gasteiger partial charge in [0.05, 0.1) is 7.11 Å². The zero-order chi connectivity index (χ0) is 18.9. The van der Waals surface area contributed by atoms with Crippen molar-refractivity contribution in [3.8, 4) is 5.75 Å². The van der Waals surface area contributed by atoms with E-state index in [1.54, 1.807) is 12.1 Å². The number of nitrogens with one attached hydrogen (secondary N) is 2. The molecule has 2 aromatic rings. The summed E-state index contributed by atoms with van der Waals surface area (Å²) < 4.78 is 31.9. The first-order valence-corrected chi connectivity index (χ1v) is 8.37. The Balaban J connectivity index is 1.83. The summed E-state index contributed by atoms with van der Waals surface area (Å²) in [5, 5.41) is 5.78. The average Bonchev–Trinajstić information content (AvgIpc) is 2.57. The lowest BCUT2D eigenvalue weighted by molar-refractivity contribution is 0.0725. The number of nitrogens with zero attached hydrogens (tertiary/aromatic N) is 1. The molecule has 3 rings (SSSR count). The summed E-state index contributed by atoms with van der Waals surface area (Å²) in [6.45, 7) is 4.20. The Bertz CT molecular complexity index is 819. The van der Waals surface area contributed by atoms with Crippen LogP contribution in [0.15, 0.2) is 30.3 Å². The molecule has 0 bridgehead atoms. The maximum absolute atomic E-state index is 13.3. The van der Waals surface area contributed by atoms with Gasteiger partial charge in [-0.15, -0.1) is 0 Å². The van der Waals surface area contributed by atoms with Crippen molar-refractivity contribution in [3.05, 3.63) is 47.7 Å². The van der Waals surface area contributed by atoms with E-state index in [1.807, 2.05) is 0 Å². The predicted molar refractivity (Wildman–Crippen MR) is 94.7 cm³/mol. The molecule has 1 atom stereocenters. The highest BCUT2D eigenvalue weighted by atomic mass is 19.1. The van der Waals surface area contributed by atoms with Crippen LogP contribution >= 0.6 is 0 Å². The molecule has 1 aromatic carbocycles. The number of hydrogen-bond donors (Lipinski definition) is 2. The average molecular weight is 361 g/mol. The molecule has 1 heterocycles. The number of ether oxygens (including phenoxy) is 1. The minimum Gasteiger partial charge on any atom is -0.494 e. The van der Waals surface area contributed by atoms with E-state index in [4.69, 9.17) is 4.74 Å². The van der Waals surface area contributed by atoms with Crippen LogP contribution in [0.3, 0.4) is 0 Å². The van der Waals surface area contributed by atoms with E-state index >= 15 is 0 Å². The molecule has 26 heavy (non-hydrogen) atoms. The van der Waals surface area contributed by atoms with Gasteiger partial charge in [0.25, 0.3) is 5.91 Å². The van der Waals surface area contributed by atoms with Crippen molar-refractivity contribution in [2.24, 2.45) is 5.41 Å². The molecule has 1 amide bonds. The van der Waals surface area contributed by atoms with Crippen molar-refractivity contribution >= 4 is 17.4 Å². The topological polar surface area (TPSA) is 63.2 Å². The summed E-state index contributed by atoms with van der Waals surface area (Å²) >= 11 is 0. The van der Waals surface area contributed by atoms with Gasteiger partial charge in [0.15, 0.2) is 5.69 Å². The van der Waals surface area contributed by atoms with Gasteiger partial charge in [-0.25, -0.2) is 13.8 Å². The Morgan fingerprint density at radius 2 is 1.92 bits per heavy atom. The largest absolute Gasteiger partial charge is 0.494 e. The number of methoxy groups -OCH3 is 1. The normalized spacial score (nSPS) is 18.0. The Kier molecular flexibility index (Phi) is 4.80. The molecule has 1 aliphatic carbocycles. The van der Waals surface area contributed by atoms with Crippen LogP contribution in [-0.4, -0.2) is 24.0 Å². The fraction of sp³-hybridized carbons (Fsp3) is 0.368. The third kappa shape index (κ3) is 3.76. The second-order valence-corrected chi connectivity index (χ2v) is 7.08. The summed E-state index contributed by atoms with van der Waals surface area (Å²) in [7, 11) is 1.45. The SMILES string of the molecule is COc1ccc(Nc2cc(F)cc(F)c2)nc1C(=O)NC1CCC1(C)C. The zero-order valence-electron chi connectivity index (χ0n) is 14.9. The summed E-state index contributed by atoms with van der Waals surface area (Å²) in [5.41, 5.74) is 0.376. The molecule has 1 aliphatic rings. The zero-order valence-corrected chi connectivity index (χ0v) is 14.9. The number of pyridine rings is 1. The number of hydrogen-bond acceptors (Lipinski definition) is 4. The molecule has 0 spiro atoms. The van der Waals surface area contributed by atoms with Crippen molar-refractivity contribution in [1.29, 1.82) is 0 Å². The van der Waals surface area contributed by atoms with Gasteiger partial charge in [-0.05, 0) is 42.5 Å². The molecule has 0 aliphatic heterocycles. The van der Waals surface area contributed by atoms with Crippen molar-refractivity contribution in [3.63, 3.8) is 0 Å². The molecule has 138 valence electrons. The number of carbonyl (C=O) groups is 1. The van der Waals surface area contributed by atoms with Gasteiger partial charge in [-0.3, -0.25) is 4.79 Å². The summed E-state index contributed by atoms with van der Waals surface area (Å²) in [6, 6.07) is 6.32. The van der Waals surface area contributed by atoms with E-state index < -0.39 is 11.6 Å². The summed E-state index contributed by atoms with van der Waals surface area (Å²) in [4.78, 5) is 16.9. The summed E-state index contributed by atoms with van der Waals surface area (Å²) in [6.07, 6.45) is 1.97. The molecule has 1 aromatic heterocycles. The van der Waals surface area contributed by atoms with E-state index in [9.17, 15) is 13.6 Å². The second kappa shape index (κ2) is 6.90. The molecule has 1 saturated carbocycles. The van der Waals surface area contributed by atoms with Crippen LogP contribution < -0.4 is 15.4 Å². The molecular formula is C19H21F2N3O2. The number of rotatable bonds is 5. The first kappa shape index (κ1) is 18.1. The van der Waals surface area contributed by atoms with E-state index in [1.165, 1.54) is 7.11 Å². The van der Waals surface area contributed by atoms with Gasteiger partial charge >= 0.3 is 0 Å². The minimum absolute atomic E-state index is 0.0534. The second-order valence-electron chi connectivity index (χ2n) is 7.08. The Hall–Kier alpha value is -2.70.